The Balaban J connectivity index is 1.76. The van der Waals surface area contributed by atoms with Crippen LogP contribution in [0.2, 0.25) is 0 Å². The van der Waals surface area contributed by atoms with Crippen LogP contribution in [-0.4, -0.2) is 25.2 Å². The van der Waals surface area contributed by atoms with E-state index in [1.54, 1.807) is 6.92 Å². The molecule has 0 unspecified atom stereocenters. The van der Waals surface area contributed by atoms with Crippen molar-refractivity contribution in [1.82, 2.24) is 5.32 Å². The zero-order valence-electron chi connectivity index (χ0n) is 15.7. The number of aryl methyl sites for hydroxylation is 4. The van der Waals surface area contributed by atoms with Crippen LogP contribution in [-0.2, 0) is 4.79 Å². The summed E-state index contributed by atoms with van der Waals surface area (Å²) in [7, 11) is 0. The summed E-state index contributed by atoms with van der Waals surface area (Å²) in [5.41, 5.74) is 4.67. The number of hydrogen-bond donors (Lipinski definition) is 1. The van der Waals surface area contributed by atoms with Crippen LogP contribution in [0.15, 0.2) is 36.4 Å². The Bertz CT molecular complexity index is 720. The lowest BCUT2D eigenvalue weighted by atomic mass is 10.1. The van der Waals surface area contributed by atoms with Crippen molar-refractivity contribution in [2.45, 2.75) is 40.7 Å². The second kappa shape index (κ2) is 8.56. The van der Waals surface area contributed by atoms with Gasteiger partial charge in [-0.3, -0.25) is 4.79 Å². The molecule has 0 heterocycles. The first-order valence-corrected chi connectivity index (χ1v) is 8.58. The normalized spacial score (nSPS) is 11.7. The highest BCUT2D eigenvalue weighted by Crippen LogP contribution is 2.18. The number of benzene rings is 2. The number of amides is 1. The summed E-state index contributed by atoms with van der Waals surface area (Å²) in [4.78, 5) is 12.1. The average molecular weight is 341 g/mol. The van der Waals surface area contributed by atoms with Gasteiger partial charge in [0.25, 0.3) is 5.91 Å². The van der Waals surface area contributed by atoms with Gasteiger partial charge in [-0.2, -0.15) is 0 Å². The molecule has 2 rings (SSSR count). The van der Waals surface area contributed by atoms with E-state index in [0.29, 0.717) is 18.9 Å². The van der Waals surface area contributed by atoms with Crippen LogP contribution >= 0.6 is 0 Å². The third-order valence-corrected chi connectivity index (χ3v) is 4.03. The molecule has 0 aliphatic heterocycles. The SMILES string of the molecule is Cc1cc(C)cc(OCCNC(=O)[C@H](C)Oc2ccc(C)c(C)c2)c1. The quantitative estimate of drug-likeness (QED) is 0.778. The fraction of sp³-hybridized carbons (Fsp3) is 0.381. The highest BCUT2D eigenvalue weighted by molar-refractivity contribution is 5.80. The maximum absolute atomic E-state index is 12.1. The lowest BCUT2D eigenvalue weighted by Gasteiger charge is -2.16. The van der Waals surface area contributed by atoms with Crippen LogP contribution in [0.4, 0.5) is 0 Å². The lowest BCUT2D eigenvalue weighted by Crippen LogP contribution is -2.38. The fourth-order valence-corrected chi connectivity index (χ4v) is 2.55. The van der Waals surface area contributed by atoms with Crippen LogP contribution in [0.5, 0.6) is 11.5 Å². The van der Waals surface area contributed by atoms with Gasteiger partial charge in [-0.15, -0.1) is 0 Å². The molecule has 0 fully saturated rings. The Labute approximate surface area is 150 Å². The van der Waals surface area contributed by atoms with Crippen LogP contribution in [0.25, 0.3) is 0 Å². The van der Waals surface area contributed by atoms with Gasteiger partial charge in [0.2, 0.25) is 0 Å². The Kier molecular flexibility index (Phi) is 6.45. The smallest absolute Gasteiger partial charge is 0.260 e. The first-order valence-electron chi connectivity index (χ1n) is 8.58. The van der Waals surface area contributed by atoms with E-state index < -0.39 is 6.10 Å². The van der Waals surface area contributed by atoms with Gasteiger partial charge >= 0.3 is 0 Å². The van der Waals surface area contributed by atoms with Crippen molar-refractivity contribution in [3.8, 4) is 11.5 Å². The highest BCUT2D eigenvalue weighted by Gasteiger charge is 2.14. The fourth-order valence-electron chi connectivity index (χ4n) is 2.55. The van der Waals surface area contributed by atoms with Crippen molar-refractivity contribution in [3.63, 3.8) is 0 Å². The van der Waals surface area contributed by atoms with Crippen molar-refractivity contribution in [1.29, 1.82) is 0 Å². The van der Waals surface area contributed by atoms with Gasteiger partial charge in [0.05, 0.1) is 6.54 Å². The summed E-state index contributed by atoms with van der Waals surface area (Å²) in [6.45, 7) is 10.7. The Hall–Kier alpha value is -2.49. The van der Waals surface area contributed by atoms with Crippen molar-refractivity contribution in [2.75, 3.05) is 13.2 Å². The average Bonchev–Trinajstić information content (AvgIpc) is 2.54. The van der Waals surface area contributed by atoms with E-state index in [1.165, 1.54) is 5.56 Å². The highest BCUT2D eigenvalue weighted by atomic mass is 16.5. The molecular weight excluding hydrogens is 314 g/mol. The predicted octanol–water partition coefficient (Wildman–Crippen LogP) is 3.88. The molecule has 0 aliphatic carbocycles. The van der Waals surface area contributed by atoms with Crippen LogP contribution < -0.4 is 14.8 Å². The topological polar surface area (TPSA) is 47.6 Å². The number of ether oxygens (including phenoxy) is 2. The predicted molar refractivity (Wildman–Crippen MR) is 100 cm³/mol. The summed E-state index contributed by atoms with van der Waals surface area (Å²) in [6.07, 6.45) is -0.552. The van der Waals surface area contributed by atoms with Crippen LogP contribution in [0.1, 0.15) is 29.2 Å². The van der Waals surface area contributed by atoms with Crippen LogP contribution in [0, 0.1) is 27.7 Å². The molecule has 0 bridgehead atoms. The van der Waals surface area contributed by atoms with Gasteiger partial charge in [-0.05, 0) is 81.1 Å². The van der Waals surface area contributed by atoms with E-state index in [0.717, 1.165) is 22.4 Å². The molecule has 4 nitrogen and oxygen atoms in total. The minimum atomic E-state index is -0.552. The van der Waals surface area contributed by atoms with Crippen LogP contribution in [0.3, 0.4) is 0 Å². The second-order valence-electron chi connectivity index (χ2n) is 6.47. The third-order valence-electron chi connectivity index (χ3n) is 4.03. The molecule has 2 aromatic rings. The largest absolute Gasteiger partial charge is 0.492 e. The van der Waals surface area contributed by atoms with Gasteiger partial charge in [0.15, 0.2) is 6.10 Å². The summed E-state index contributed by atoms with van der Waals surface area (Å²) < 4.78 is 11.4. The molecule has 0 radical (unpaired) electrons. The summed E-state index contributed by atoms with van der Waals surface area (Å²) in [5, 5.41) is 2.84. The maximum atomic E-state index is 12.1. The molecule has 0 saturated carbocycles. The zero-order valence-corrected chi connectivity index (χ0v) is 15.7. The monoisotopic (exact) mass is 341 g/mol. The van der Waals surface area contributed by atoms with Gasteiger partial charge in [-0.1, -0.05) is 12.1 Å². The molecule has 0 saturated heterocycles. The minimum Gasteiger partial charge on any atom is -0.492 e. The zero-order chi connectivity index (χ0) is 18.4. The number of nitrogens with one attached hydrogen (secondary N) is 1. The Morgan fingerprint density at radius 3 is 2.28 bits per heavy atom. The summed E-state index contributed by atoms with van der Waals surface area (Å²) in [5.74, 6) is 1.38. The molecule has 1 atom stereocenters. The number of carbonyl (C=O) groups excluding carboxylic acids is 1. The van der Waals surface area contributed by atoms with E-state index in [2.05, 4.69) is 11.4 Å². The van der Waals surface area contributed by atoms with E-state index in [4.69, 9.17) is 9.47 Å². The lowest BCUT2D eigenvalue weighted by molar-refractivity contribution is -0.127. The van der Waals surface area contributed by atoms with Crippen molar-refractivity contribution >= 4 is 5.91 Å². The van der Waals surface area contributed by atoms with E-state index >= 15 is 0 Å². The van der Waals surface area contributed by atoms with E-state index in [-0.39, 0.29) is 5.91 Å². The number of hydrogen-bond acceptors (Lipinski definition) is 3. The number of rotatable bonds is 7. The van der Waals surface area contributed by atoms with E-state index in [9.17, 15) is 4.79 Å². The van der Waals surface area contributed by atoms with Gasteiger partial charge < -0.3 is 14.8 Å². The molecule has 0 aromatic heterocycles. The standard InChI is InChI=1S/C21H27NO3/c1-14-10-15(2)12-20(11-14)24-9-8-22-21(23)18(5)25-19-7-6-16(3)17(4)13-19/h6-7,10-13,18H,8-9H2,1-5H3,(H,22,23)/t18-/m0/s1. The first kappa shape index (κ1) is 18.8. The molecule has 0 spiro atoms. The van der Waals surface area contributed by atoms with Crippen molar-refractivity contribution in [2.24, 2.45) is 0 Å². The van der Waals surface area contributed by atoms with Gasteiger partial charge in [-0.25, -0.2) is 0 Å². The van der Waals surface area contributed by atoms with Crippen molar-refractivity contribution in [3.05, 3.63) is 58.7 Å². The van der Waals surface area contributed by atoms with Crippen molar-refractivity contribution < 1.29 is 14.3 Å². The third kappa shape index (κ3) is 5.82. The molecule has 2 aromatic carbocycles. The second-order valence-corrected chi connectivity index (χ2v) is 6.47. The molecular formula is C21H27NO3. The Morgan fingerprint density at radius 2 is 1.64 bits per heavy atom. The minimum absolute atomic E-state index is 0.151. The van der Waals surface area contributed by atoms with Gasteiger partial charge in [0.1, 0.15) is 18.1 Å². The molecule has 0 aliphatic rings. The molecule has 1 amide bonds. The van der Waals surface area contributed by atoms with Gasteiger partial charge in [0, 0.05) is 0 Å². The summed E-state index contributed by atoms with van der Waals surface area (Å²) in [6, 6.07) is 11.9. The molecule has 134 valence electrons. The molecule has 1 N–H and O–H groups in total. The maximum Gasteiger partial charge on any atom is 0.260 e. The summed E-state index contributed by atoms with van der Waals surface area (Å²) >= 11 is 0. The number of carbonyl (C=O) groups is 1. The first-order chi connectivity index (χ1) is 11.8. The Morgan fingerprint density at radius 1 is 0.960 bits per heavy atom. The molecule has 25 heavy (non-hydrogen) atoms. The molecule has 4 heteroatoms. The van der Waals surface area contributed by atoms with E-state index in [1.807, 2.05) is 58.0 Å².